The predicted octanol–water partition coefficient (Wildman–Crippen LogP) is 5.55. The molecule has 0 radical (unpaired) electrons. The van der Waals surface area contributed by atoms with Crippen LogP contribution in [0.5, 0.6) is 0 Å². The van der Waals surface area contributed by atoms with Gasteiger partial charge in [0, 0.05) is 6.04 Å². The second-order valence-corrected chi connectivity index (χ2v) is 17.0. The lowest BCUT2D eigenvalue weighted by Crippen LogP contribution is -2.59. The largest absolute Gasteiger partial charge is 0.397 e. The zero-order valence-corrected chi connectivity index (χ0v) is 28.7. The zero-order chi connectivity index (χ0) is 31.4. The van der Waals surface area contributed by atoms with Gasteiger partial charge in [0.2, 0.25) is 0 Å². The molecule has 252 valence electrons. The van der Waals surface area contributed by atoms with Crippen LogP contribution in [0.1, 0.15) is 118 Å². The fourth-order valence-corrected chi connectivity index (χ4v) is 11.3. The molecule has 0 spiro atoms. The second kappa shape index (κ2) is 15.1. The predicted molar refractivity (Wildman–Crippen MR) is 174 cm³/mol. The van der Waals surface area contributed by atoms with E-state index < -0.39 is 16.5 Å². The van der Waals surface area contributed by atoms with Crippen LogP contribution in [0.2, 0.25) is 0 Å². The molecule has 8 nitrogen and oxygen atoms in total. The zero-order valence-electron chi connectivity index (χ0n) is 27.9. The minimum Gasteiger partial charge on any atom is -0.393 e. The van der Waals surface area contributed by atoms with Gasteiger partial charge in [-0.05, 0) is 162 Å². The third kappa shape index (κ3) is 8.36. The maximum atomic E-state index is 11.8. The quantitative estimate of drug-likeness (QED) is 0.111. The summed E-state index contributed by atoms with van der Waals surface area (Å²) in [6.07, 6.45) is 13.7. The van der Waals surface area contributed by atoms with E-state index in [1.54, 1.807) is 0 Å². The van der Waals surface area contributed by atoms with Gasteiger partial charge in [0.25, 0.3) is 0 Å². The molecule has 6 N–H and O–H groups in total. The first kappa shape index (κ1) is 35.6. The van der Waals surface area contributed by atoms with Gasteiger partial charge in [-0.25, -0.2) is 4.18 Å². The van der Waals surface area contributed by atoms with E-state index in [0.29, 0.717) is 53.4 Å². The van der Waals surface area contributed by atoms with Gasteiger partial charge < -0.3 is 21.5 Å². The van der Waals surface area contributed by atoms with Gasteiger partial charge in [-0.3, -0.25) is 4.55 Å². The minimum absolute atomic E-state index is 0.0152. The lowest BCUT2D eigenvalue weighted by Gasteiger charge is -2.62. The Kier molecular flexibility index (Phi) is 12.5. The molecule has 0 amide bonds. The molecule has 0 aromatic carbocycles. The molecule has 9 heteroatoms. The van der Waals surface area contributed by atoms with E-state index in [9.17, 15) is 18.1 Å². The SMILES string of the molecule is CC(CC[C@@H](OS(=O)(=O)O)C(C)C)[C@H]1CCC2C3C(CC[C@@]21C)[C@@]1(C)CC[C@H](NCCCNCCCCN)C[C@@H]1C[C@H]3O. The molecule has 4 fully saturated rings. The monoisotopic (exact) mass is 627 g/mol. The van der Waals surface area contributed by atoms with Gasteiger partial charge in [-0.15, -0.1) is 0 Å². The molecule has 0 aromatic rings. The highest BCUT2D eigenvalue weighted by Gasteiger charge is 2.62. The first-order valence-electron chi connectivity index (χ1n) is 17.8. The summed E-state index contributed by atoms with van der Waals surface area (Å²) in [7, 11) is -4.45. The molecule has 0 saturated heterocycles. The maximum Gasteiger partial charge on any atom is 0.397 e. The molecule has 0 aliphatic heterocycles. The van der Waals surface area contributed by atoms with Crippen molar-refractivity contribution < 1.29 is 22.3 Å². The molecule has 43 heavy (non-hydrogen) atoms. The van der Waals surface area contributed by atoms with Crippen molar-refractivity contribution >= 4 is 10.4 Å². The number of nitrogens with two attached hydrogens (primary N) is 1. The Morgan fingerprint density at radius 3 is 2.30 bits per heavy atom. The Balaban J connectivity index is 1.32. The number of hydrogen-bond donors (Lipinski definition) is 5. The third-order valence-corrected chi connectivity index (χ3v) is 13.6. The highest BCUT2D eigenvalue weighted by Crippen LogP contribution is 2.68. The Morgan fingerprint density at radius 2 is 1.60 bits per heavy atom. The Hall–Kier alpha value is -0.290. The summed E-state index contributed by atoms with van der Waals surface area (Å²) in [5.74, 6) is 3.21. The lowest BCUT2D eigenvalue weighted by molar-refractivity contribution is -0.167. The molecule has 0 heterocycles. The number of aliphatic hydroxyl groups is 1. The molecular weight excluding hydrogens is 562 g/mol. The van der Waals surface area contributed by atoms with Crippen LogP contribution < -0.4 is 16.4 Å². The van der Waals surface area contributed by atoms with E-state index in [1.165, 1.54) is 44.9 Å². The second-order valence-electron chi connectivity index (χ2n) is 15.9. The Morgan fingerprint density at radius 1 is 0.907 bits per heavy atom. The molecular formula is C34H65N3O5S. The highest BCUT2D eigenvalue weighted by molar-refractivity contribution is 7.80. The Bertz CT molecular complexity index is 981. The van der Waals surface area contributed by atoms with Crippen LogP contribution >= 0.6 is 0 Å². The van der Waals surface area contributed by atoms with Gasteiger partial charge in [-0.1, -0.05) is 34.6 Å². The molecule has 4 unspecified atom stereocenters. The van der Waals surface area contributed by atoms with E-state index in [1.807, 2.05) is 13.8 Å². The normalized spacial score (nSPS) is 39.2. The van der Waals surface area contributed by atoms with Crippen molar-refractivity contribution in [2.24, 2.45) is 58.0 Å². The van der Waals surface area contributed by atoms with Gasteiger partial charge in [0.05, 0.1) is 12.2 Å². The van der Waals surface area contributed by atoms with Crippen molar-refractivity contribution in [1.29, 1.82) is 0 Å². The number of rotatable bonds is 16. The number of aliphatic hydroxyl groups excluding tert-OH is 1. The standard InChI is InChI=1S/C34H65N3O5S/c1-23(2)31(42-43(39,40)41)12-9-24(3)27-10-11-28-32-29(14-16-34(27,28)5)33(4)15-13-26(21-25(33)22-30(32)38)37-20-8-19-36-18-7-6-17-35/h23-32,36-38H,6-22,35H2,1-5H3,(H,39,40,41)/t24?,25-,26+,27-,28?,29?,30-,31-,32?,33+,34-/m1/s1. The number of unbranched alkanes of at least 4 members (excludes halogenated alkanes) is 1. The summed E-state index contributed by atoms with van der Waals surface area (Å²) in [5.41, 5.74) is 6.13. The van der Waals surface area contributed by atoms with Crippen LogP contribution in [-0.2, 0) is 14.6 Å². The first-order valence-corrected chi connectivity index (χ1v) is 19.1. The van der Waals surface area contributed by atoms with Crippen molar-refractivity contribution in [3.8, 4) is 0 Å². The molecule has 4 aliphatic carbocycles. The van der Waals surface area contributed by atoms with Crippen molar-refractivity contribution in [1.82, 2.24) is 10.6 Å². The lowest BCUT2D eigenvalue weighted by atomic mass is 9.43. The van der Waals surface area contributed by atoms with E-state index in [4.69, 9.17) is 9.92 Å². The molecule has 4 rings (SSSR count). The molecule has 11 atom stereocenters. The summed E-state index contributed by atoms with van der Waals surface area (Å²) < 4.78 is 37.1. The number of hydrogen-bond acceptors (Lipinski definition) is 7. The smallest absolute Gasteiger partial charge is 0.393 e. The van der Waals surface area contributed by atoms with Crippen molar-refractivity contribution in [3.63, 3.8) is 0 Å². The van der Waals surface area contributed by atoms with Crippen LogP contribution in [0, 0.1) is 52.3 Å². The van der Waals surface area contributed by atoms with Gasteiger partial charge in [0.1, 0.15) is 0 Å². The summed E-state index contributed by atoms with van der Waals surface area (Å²) in [6.45, 7) is 15.3. The van der Waals surface area contributed by atoms with Gasteiger partial charge in [0.15, 0.2) is 0 Å². The van der Waals surface area contributed by atoms with Crippen LogP contribution in [0.3, 0.4) is 0 Å². The van der Waals surface area contributed by atoms with Crippen LogP contribution in [0.4, 0.5) is 0 Å². The van der Waals surface area contributed by atoms with Crippen molar-refractivity contribution in [3.05, 3.63) is 0 Å². The Labute approximate surface area is 263 Å². The number of fused-ring (bicyclic) bond motifs is 5. The highest BCUT2D eigenvalue weighted by atomic mass is 32.3. The van der Waals surface area contributed by atoms with Crippen molar-refractivity contribution in [2.75, 3.05) is 26.2 Å². The molecule has 4 aliphatic rings. The van der Waals surface area contributed by atoms with Crippen molar-refractivity contribution in [2.45, 2.75) is 136 Å². The van der Waals surface area contributed by atoms with Crippen LogP contribution in [0.25, 0.3) is 0 Å². The van der Waals surface area contributed by atoms with E-state index in [0.717, 1.165) is 58.3 Å². The summed E-state index contributed by atoms with van der Waals surface area (Å²) in [6, 6.07) is 0.573. The van der Waals surface area contributed by atoms with Crippen LogP contribution in [-0.4, -0.2) is 62.5 Å². The van der Waals surface area contributed by atoms with Gasteiger partial charge >= 0.3 is 10.4 Å². The first-order chi connectivity index (χ1) is 20.3. The fourth-order valence-electron chi connectivity index (χ4n) is 10.7. The topological polar surface area (TPSA) is 134 Å². The van der Waals surface area contributed by atoms with E-state index in [2.05, 4.69) is 31.4 Å². The molecule has 4 saturated carbocycles. The maximum absolute atomic E-state index is 11.8. The average Bonchev–Trinajstić information content (AvgIpc) is 3.29. The number of nitrogens with one attached hydrogen (secondary N) is 2. The summed E-state index contributed by atoms with van der Waals surface area (Å²) >= 11 is 0. The fraction of sp³-hybridized carbons (Fsp3) is 1.00. The van der Waals surface area contributed by atoms with Crippen LogP contribution in [0.15, 0.2) is 0 Å². The third-order valence-electron chi connectivity index (χ3n) is 13.1. The molecule has 0 aromatic heterocycles. The average molecular weight is 628 g/mol. The molecule has 0 bridgehead atoms. The minimum atomic E-state index is -4.45. The van der Waals surface area contributed by atoms with Gasteiger partial charge in [-0.2, -0.15) is 8.42 Å². The van der Waals surface area contributed by atoms with E-state index >= 15 is 0 Å². The summed E-state index contributed by atoms with van der Waals surface area (Å²) in [4.78, 5) is 0. The van der Waals surface area contributed by atoms with E-state index in [-0.39, 0.29) is 17.4 Å². The summed E-state index contributed by atoms with van der Waals surface area (Å²) in [5, 5.41) is 19.2.